The molecule has 3 N–H and O–H groups in total. The van der Waals surface area contributed by atoms with Crippen LogP contribution in [0.15, 0.2) is 48.5 Å². The van der Waals surface area contributed by atoms with Gasteiger partial charge in [0, 0.05) is 18.9 Å². The fourth-order valence-corrected chi connectivity index (χ4v) is 4.32. The molecule has 1 aliphatic heterocycles. The van der Waals surface area contributed by atoms with Gasteiger partial charge in [-0.05, 0) is 29.2 Å². The maximum Gasteiger partial charge on any atom is 0.422 e. The number of aliphatic carboxylic acids is 1. The summed E-state index contributed by atoms with van der Waals surface area (Å²) < 4.78 is 50.7. The number of alkyl halides is 3. The summed E-state index contributed by atoms with van der Waals surface area (Å²) in [5, 5.41) is 13.0. The third kappa shape index (κ3) is 4.31. The highest BCUT2D eigenvalue weighted by Gasteiger charge is 2.60. The standard InChI is InChI=1S/C24H23F3N2O6/c1-22(20(31)32,24(25,26)27)28-19(30)23(10-11-34-13-23)29-21(33)35-12-18-16-8-4-2-6-14(16)15-7-3-5-9-17(15)18/h2-9,18H,10-13H2,1H3,(H,28,30)(H,29,33)(H,31,32). The second kappa shape index (κ2) is 8.88. The maximum atomic E-state index is 13.4. The minimum Gasteiger partial charge on any atom is -0.479 e. The van der Waals surface area contributed by atoms with Crippen molar-refractivity contribution in [1.29, 1.82) is 0 Å². The van der Waals surface area contributed by atoms with Gasteiger partial charge in [0.15, 0.2) is 0 Å². The number of carbonyl (C=O) groups is 3. The topological polar surface area (TPSA) is 114 Å². The van der Waals surface area contributed by atoms with E-state index in [1.165, 1.54) is 5.32 Å². The minimum absolute atomic E-state index is 0.0210. The van der Waals surface area contributed by atoms with Crippen LogP contribution in [-0.4, -0.2) is 60.2 Å². The molecule has 0 bridgehead atoms. The van der Waals surface area contributed by atoms with E-state index in [2.05, 4.69) is 5.32 Å². The molecular weight excluding hydrogens is 469 g/mol. The fraction of sp³-hybridized carbons (Fsp3) is 0.375. The van der Waals surface area contributed by atoms with Crippen molar-refractivity contribution in [3.05, 3.63) is 59.7 Å². The molecule has 11 heteroatoms. The van der Waals surface area contributed by atoms with Gasteiger partial charge >= 0.3 is 18.2 Å². The first kappa shape index (κ1) is 24.5. The summed E-state index contributed by atoms with van der Waals surface area (Å²) >= 11 is 0. The van der Waals surface area contributed by atoms with Crippen LogP contribution in [0.4, 0.5) is 18.0 Å². The minimum atomic E-state index is -5.28. The molecule has 8 nitrogen and oxygen atoms in total. The van der Waals surface area contributed by atoms with Crippen LogP contribution < -0.4 is 10.6 Å². The predicted octanol–water partition coefficient (Wildman–Crippen LogP) is 3.21. The molecule has 2 aliphatic rings. The number of rotatable bonds is 6. The third-order valence-electron chi connectivity index (χ3n) is 6.50. The molecule has 2 amide bonds. The summed E-state index contributed by atoms with van der Waals surface area (Å²) in [5.74, 6) is -3.88. The van der Waals surface area contributed by atoms with Crippen LogP contribution >= 0.6 is 0 Å². The molecule has 0 spiro atoms. The molecule has 1 aliphatic carbocycles. The zero-order valence-electron chi connectivity index (χ0n) is 18.6. The molecule has 35 heavy (non-hydrogen) atoms. The van der Waals surface area contributed by atoms with Crippen LogP contribution in [-0.2, 0) is 19.1 Å². The third-order valence-corrected chi connectivity index (χ3v) is 6.50. The Kier molecular flexibility index (Phi) is 6.22. The normalized spacial score (nSPS) is 20.9. The van der Waals surface area contributed by atoms with Crippen molar-refractivity contribution in [3.8, 4) is 11.1 Å². The Labute approximate surface area is 198 Å². The van der Waals surface area contributed by atoms with Gasteiger partial charge < -0.3 is 25.2 Å². The quantitative estimate of drug-likeness (QED) is 0.571. The molecule has 1 saturated heterocycles. The van der Waals surface area contributed by atoms with Crippen LogP contribution in [0.1, 0.15) is 30.4 Å². The van der Waals surface area contributed by atoms with Gasteiger partial charge in [0.25, 0.3) is 0 Å². The van der Waals surface area contributed by atoms with Crippen molar-refractivity contribution in [2.45, 2.75) is 36.5 Å². The average molecular weight is 492 g/mol. The van der Waals surface area contributed by atoms with Crippen molar-refractivity contribution in [1.82, 2.24) is 10.6 Å². The Morgan fingerprint density at radius 2 is 1.66 bits per heavy atom. The lowest BCUT2D eigenvalue weighted by Crippen LogP contribution is -2.69. The molecule has 1 fully saturated rings. The number of benzene rings is 2. The number of hydrogen-bond acceptors (Lipinski definition) is 5. The first-order valence-electron chi connectivity index (χ1n) is 10.8. The molecule has 186 valence electrons. The Bertz CT molecular complexity index is 1120. The monoisotopic (exact) mass is 492 g/mol. The molecule has 0 saturated carbocycles. The van der Waals surface area contributed by atoms with Crippen molar-refractivity contribution in [2.75, 3.05) is 19.8 Å². The summed E-state index contributed by atoms with van der Waals surface area (Å²) in [6, 6.07) is 15.3. The van der Waals surface area contributed by atoms with Crippen LogP contribution in [0.25, 0.3) is 11.1 Å². The number of carboxylic acids is 1. The molecule has 1 heterocycles. The van der Waals surface area contributed by atoms with E-state index in [-0.39, 0.29) is 25.6 Å². The Balaban J connectivity index is 1.49. The van der Waals surface area contributed by atoms with Crippen molar-refractivity contribution in [3.63, 3.8) is 0 Å². The first-order valence-corrected chi connectivity index (χ1v) is 10.8. The SMILES string of the molecule is CC(NC(=O)C1(NC(=O)OCC2c3ccccc3-c3ccccc32)CCOC1)(C(=O)O)C(F)(F)F. The van der Waals surface area contributed by atoms with Gasteiger partial charge in [-0.2, -0.15) is 13.2 Å². The number of halogens is 3. The van der Waals surface area contributed by atoms with Gasteiger partial charge in [-0.3, -0.25) is 4.79 Å². The smallest absolute Gasteiger partial charge is 0.422 e. The highest BCUT2D eigenvalue weighted by molar-refractivity contribution is 5.95. The summed E-state index contributed by atoms with van der Waals surface area (Å²) in [5.41, 5.74) is -1.52. The molecule has 2 aromatic carbocycles. The second-order valence-electron chi connectivity index (χ2n) is 8.72. The van der Waals surface area contributed by atoms with E-state index in [0.29, 0.717) is 6.92 Å². The summed E-state index contributed by atoms with van der Waals surface area (Å²) in [4.78, 5) is 36.8. The van der Waals surface area contributed by atoms with E-state index in [1.54, 1.807) is 0 Å². The van der Waals surface area contributed by atoms with E-state index >= 15 is 0 Å². The summed E-state index contributed by atoms with van der Waals surface area (Å²) in [6.45, 7) is -0.193. The number of hydrogen-bond donors (Lipinski definition) is 3. The number of alkyl carbamates (subject to hydrolysis) is 1. The highest BCUT2D eigenvalue weighted by Crippen LogP contribution is 2.44. The summed E-state index contributed by atoms with van der Waals surface area (Å²) in [6.07, 6.45) is -6.47. The first-order chi connectivity index (χ1) is 16.5. The van der Waals surface area contributed by atoms with Gasteiger partial charge in [-0.15, -0.1) is 0 Å². The number of amides is 2. The number of nitrogens with one attached hydrogen (secondary N) is 2. The molecule has 2 unspecified atom stereocenters. The number of fused-ring (bicyclic) bond motifs is 3. The number of carboxylic acid groups (broad SMARTS) is 1. The van der Waals surface area contributed by atoms with Gasteiger partial charge in [0.2, 0.25) is 11.4 Å². The van der Waals surface area contributed by atoms with Crippen LogP contribution in [0.2, 0.25) is 0 Å². The van der Waals surface area contributed by atoms with Gasteiger partial charge in [0.1, 0.15) is 12.1 Å². The zero-order valence-corrected chi connectivity index (χ0v) is 18.6. The van der Waals surface area contributed by atoms with E-state index in [0.717, 1.165) is 22.3 Å². The van der Waals surface area contributed by atoms with Crippen molar-refractivity contribution >= 4 is 18.0 Å². The van der Waals surface area contributed by atoms with E-state index in [1.807, 2.05) is 48.5 Å². The molecule has 2 aromatic rings. The van der Waals surface area contributed by atoms with E-state index in [9.17, 15) is 27.6 Å². The van der Waals surface area contributed by atoms with Crippen LogP contribution in [0.3, 0.4) is 0 Å². The Morgan fingerprint density at radius 3 is 2.14 bits per heavy atom. The maximum absolute atomic E-state index is 13.4. The number of carbonyl (C=O) groups excluding carboxylic acids is 2. The highest BCUT2D eigenvalue weighted by atomic mass is 19.4. The second-order valence-corrected chi connectivity index (χ2v) is 8.72. The van der Waals surface area contributed by atoms with Crippen molar-refractivity contribution in [2.24, 2.45) is 0 Å². The Morgan fingerprint density at radius 1 is 1.09 bits per heavy atom. The lowest BCUT2D eigenvalue weighted by atomic mass is 9.94. The van der Waals surface area contributed by atoms with Crippen LogP contribution in [0.5, 0.6) is 0 Å². The zero-order chi connectivity index (χ0) is 25.4. The van der Waals surface area contributed by atoms with E-state index < -0.39 is 41.8 Å². The molecule has 4 rings (SSSR count). The van der Waals surface area contributed by atoms with E-state index in [4.69, 9.17) is 14.6 Å². The lowest BCUT2D eigenvalue weighted by molar-refractivity contribution is -0.207. The molecular formula is C24H23F3N2O6. The lowest BCUT2D eigenvalue weighted by Gasteiger charge is -2.34. The van der Waals surface area contributed by atoms with Crippen LogP contribution in [0, 0.1) is 0 Å². The molecule has 0 radical (unpaired) electrons. The summed E-state index contributed by atoms with van der Waals surface area (Å²) in [7, 11) is 0. The largest absolute Gasteiger partial charge is 0.479 e. The van der Waals surface area contributed by atoms with Gasteiger partial charge in [0.05, 0.1) is 6.61 Å². The predicted molar refractivity (Wildman–Crippen MR) is 117 cm³/mol. The van der Waals surface area contributed by atoms with Gasteiger partial charge in [-0.25, -0.2) is 9.59 Å². The Hall–Kier alpha value is -3.60. The molecule has 2 atom stereocenters. The molecule has 0 aromatic heterocycles. The number of ether oxygens (including phenoxy) is 2. The average Bonchev–Trinajstić information content (AvgIpc) is 3.40. The van der Waals surface area contributed by atoms with Crippen molar-refractivity contribution < 1.29 is 42.1 Å². The fourth-order valence-electron chi connectivity index (χ4n) is 4.32. The van der Waals surface area contributed by atoms with Gasteiger partial charge in [-0.1, -0.05) is 48.5 Å².